The fraction of sp³-hybridized carbons (Fsp3) is 0.267. The standard InChI is InChI=1S/C15H17IN2OS/c1-2-18(10-12-6-5-9-20-12)11-15(19)17-14-8-4-3-7-13(14)16/h3-9H,2,10-11H2,1H3,(H,17,19)/p+1. The molecule has 2 N–H and O–H groups in total. The first-order chi connectivity index (χ1) is 9.69. The minimum Gasteiger partial charge on any atom is -0.323 e. The minimum atomic E-state index is 0.0718. The molecule has 2 aromatic rings. The number of nitrogens with one attached hydrogen (secondary N) is 2. The van der Waals surface area contributed by atoms with Crippen LogP contribution in [0.3, 0.4) is 0 Å². The summed E-state index contributed by atoms with van der Waals surface area (Å²) in [6.07, 6.45) is 0. The number of anilines is 1. The summed E-state index contributed by atoms with van der Waals surface area (Å²) in [5, 5.41) is 5.07. The number of rotatable bonds is 6. The molecule has 0 saturated carbocycles. The minimum absolute atomic E-state index is 0.0718. The topological polar surface area (TPSA) is 33.5 Å². The van der Waals surface area contributed by atoms with E-state index in [2.05, 4.69) is 52.3 Å². The van der Waals surface area contributed by atoms with Crippen LogP contribution in [0.4, 0.5) is 5.69 Å². The Bertz CT molecular complexity index is 557. The van der Waals surface area contributed by atoms with Gasteiger partial charge in [-0.2, -0.15) is 0 Å². The second-order valence-corrected chi connectivity index (χ2v) is 6.76. The van der Waals surface area contributed by atoms with E-state index in [-0.39, 0.29) is 5.91 Å². The molecule has 1 heterocycles. The van der Waals surface area contributed by atoms with E-state index in [0.717, 1.165) is 22.3 Å². The molecule has 20 heavy (non-hydrogen) atoms. The molecule has 0 aliphatic heterocycles. The Morgan fingerprint density at radius 1 is 1.30 bits per heavy atom. The molecular weight excluding hydrogens is 383 g/mol. The van der Waals surface area contributed by atoms with Gasteiger partial charge in [-0.3, -0.25) is 4.79 Å². The highest BCUT2D eigenvalue weighted by Crippen LogP contribution is 2.16. The molecule has 1 aromatic carbocycles. The summed E-state index contributed by atoms with van der Waals surface area (Å²) in [5.74, 6) is 0.0718. The molecule has 1 aromatic heterocycles. The van der Waals surface area contributed by atoms with E-state index in [1.54, 1.807) is 11.3 Å². The van der Waals surface area contributed by atoms with Crippen LogP contribution in [-0.4, -0.2) is 19.0 Å². The number of hydrogen-bond donors (Lipinski definition) is 2. The van der Waals surface area contributed by atoms with E-state index in [1.807, 2.05) is 24.3 Å². The summed E-state index contributed by atoms with van der Waals surface area (Å²) < 4.78 is 1.06. The fourth-order valence-corrected chi connectivity index (χ4v) is 3.25. The van der Waals surface area contributed by atoms with E-state index >= 15 is 0 Å². The molecule has 1 unspecified atom stereocenters. The lowest BCUT2D eigenvalue weighted by molar-refractivity contribution is -0.903. The van der Waals surface area contributed by atoms with Crippen LogP contribution in [0.25, 0.3) is 0 Å². The highest BCUT2D eigenvalue weighted by atomic mass is 127. The number of thiophene rings is 1. The summed E-state index contributed by atoms with van der Waals surface area (Å²) in [6, 6.07) is 12.0. The zero-order valence-electron chi connectivity index (χ0n) is 11.4. The monoisotopic (exact) mass is 401 g/mol. The van der Waals surface area contributed by atoms with Gasteiger partial charge in [0, 0.05) is 3.57 Å². The molecule has 106 valence electrons. The van der Waals surface area contributed by atoms with Crippen LogP contribution < -0.4 is 10.2 Å². The second kappa shape index (κ2) is 7.75. The van der Waals surface area contributed by atoms with Crippen molar-refractivity contribution in [3.63, 3.8) is 0 Å². The molecule has 0 aliphatic rings. The predicted octanol–water partition coefficient (Wildman–Crippen LogP) is 2.40. The smallest absolute Gasteiger partial charge is 0.279 e. The van der Waals surface area contributed by atoms with E-state index < -0.39 is 0 Å². The highest BCUT2D eigenvalue weighted by Gasteiger charge is 2.14. The Labute approximate surface area is 137 Å². The van der Waals surface area contributed by atoms with E-state index in [4.69, 9.17) is 0 Å². The first-order valence-electron chi connectivity index (χ1n) is 6.59. The van der Waals surface area contributed by atoms with Crippen LogP contribution in [0.15, 0.2) is 41.8 Å². The van der Waals surface area contributed by atoms with Crippen molar-refractivity contribution in [1.29, 1.82) is 0 Å². The Hall–Kier alpha value is -0.920. The zero-order chi connectivity index (χ0) is 14.4. The number of hydrogen-bond acceptors (Lipinski definition) is 2. The van der Waals surface area contributed by atoms with E-state index in [1.165, 1.54) is 9.78 Å². The van der Waals surface area contributed by atoms with Crippen LogP contribution in [0.1, 0.15) is 11.8 Å². The van der Waals surface area contributed by atoms with Crippen LogP contribution in [-0.2, 0) is 11.3 Å². The zero-order valence-corrected chi connectivity index (χ0v) is 14.3. The van der Waals surface area contributed by atoms with Crippen molar-refractivity contribution in [3.05, 3.63) is 50.2 Å². The van der Waals surface area contributed by atoms with Crippen LogP contribution in [0.5, 0.6) is 0 Å². The normalized spacial score (nSPS) is 12.1. The van der Waals surface area contributed by atoms with Gasteiger partial charge in [-0.25, -0.2) is 0 Å². The van der Waals surface area contributed by atoms with Gasteiger partial charge < -0.3 is 10.2 Å². The third kappa shape index (κ3) is 4.57. The van der Waals surface area contributed by atoms with Crippen molar-refractivity contribution in [1.82, 2.24) is 0 Å². The highest BCUT2D eigenvalue weighted by molar-refractivity contribution is 14.1. The lowest BCUT2D eigenvalue weighted by Gasteiger charge is -2.16. The number of amides is 1. The summed E-state index contributed by atoms with van der Waals surface area (Å²) in [5.41, 5.74) is 0.893. The SMILES string of the molecule is CC[NH+](CC(=O)Nc1ccccc1I)Cc1cccs1. The third-order valence-corrected chi connectivity index (χ3v) is 4.88. The van der Waals surface area contributed by atoms with Gasteiger partial charge in [0.25, 0.3) is 5.91 Å². The van der Waals surface area contributed by atoms with Gasteiger partial charge in [0.1, 0.15) is 6.54 Å². The van der Waals surface area contributed by atoms with Gasteiger partial charge >= 0.3 is 0 Å². The first kappa shape index (κ1) is 15.5. The molecule has 0 spiro atoms. The Kier molecular flexibility index (Phi) is 6.00. The van der Waals surface area contributed by atoms with Gasteiger partial charge in [0.05, 0.1) is 17.1 Å². The average Bonchev–Trinajstić information content (AvgIpc) is 2.93. The van der Waals surface area contributed by atoms with Gasteiger partial charge in [0.2, 0.25) is 0 Å². The maximum Gasteiger partial charge on any atom is 0.279 e. The number of carbonyl (C=O) groups excluding carboxylic acids is 1. The quantitative estimate of drug-likeness (QED) is 0.717. The third-order valence-electron chi connectivity index (χ3n) is 3.06. The van der Waals surface area contributed by atoms with E-state index in [9.17, 15) is 4.79 Å². The number of likely N-dealkylation sites (N-methyl/N-ethyl adjacent to an activating group) is 1. The molecule has 2 rings (SSSR count). The number of halogens is 1. The average molecular weight is 401 g/mol. The van der Waals surface area contributed by atoms with Gasteiger partial charge in [-0.15, -0.1) is 11.3 Å². The summed E-state index contributed by atoms with van der Waals surface area (Å²) in [6.45, 7) is 4.46. The molecule has 0 fully saturated rings. The fourth-order valence-electron chi connectivity index (χ4n) is 1.96. The number of quaternary nitrogens is 1. The van der Waals surface area contributed by atoms with Crippen LogP contribution >= 0.6 is 33.9 Å². The van der Waals surface area contributed by atoms with Crippen LogP contribution in [0, 0.1) is 3.57 Å². The molecule has 1 amide bonds. The molecule has 0 aliphatic carbocycles. The largest absolute Gasteiger partial charge is 0.323 e. The number of para-hydroxylation sites is 1. The molecule has 3 nitrogen and oxygen atoms in total. The van der Waals surface area contributed by atoms with Crippen LogP contribution in [0.2, 0.25) is 0 Å². The van der Waals surface area contributed by atoms with E-state index in [0.29, 0.717) is 6.54 Å². The maximum atomic E-state index is 12.1. The Morgan fingerprint density at radius 3 is 2.75 bits per heavy atom. The summed E-state index contributed by atoms with van der Waals surface area (Å²) >= 11 is 3.98. The van der Waals surface area contributed by atoms with Crippen molar-refractivity contribution in [2.45, 2.75) is 13.5 Å². The molecule has 0 saturated heterocycles. The predicted molar refractivity (Wildman–Crippen MR) is 92.2 cm³/mol. The van der Waals surface area contributed by atoms with Crippen molar-refractivity contribution in [3.8, 4) is 0 Å². The lowest BCUT2D eigenvalue weighted by Crippen LogP contribution is -3.11. The summed E-state index contributed by atoms with van der Waals surface area (Å²) in [4.78, 5) is 14.7. The molecule has 1 atom stereocenters. The van der Waals surface area contributed by atoms with Gasteiger partial charge in [0.15, 0.2) is 6.54 Å². The molecular formula is C15H18IN2OS+. The van der Waals surface area contributed by atoms with Gasteiger partial charge in [-0.1, -0.05) is 18.2 Å². The van der Waals surface area contributed by atoms with Crippen molar-refractivity contribution < 1.29 is 9.69 Å². The Morgan fingerprint density at radius 2 is 2.10 bits per heavy atom. The molecule has 5 heteroatoms. The lowest BCUT2D eigenvalue weighted by atomic mass is 10.3. The summed E-state index contributed by atoms with van der Waals surface area (Å²) in [7, 11) is 0. The van der Waals surface area contributed by atoms with Crippen molar-refractivity contribution in [2.24, 2.45) is 0 Å². The van der Waals surface area contributed by atoms with Gasteiger partial charge in [-0.05, 0) is 53.1 Å². The second-order valence-electron chi connectivity index (χ2n) is 4.56. The molecule has 0 bridgehead atoms. The van der Waals surface area contributed by atoms with Crippen molar-refractivity contribution >= 4 is 45.5 Å². The first-order valence-corrected chi connectivity index (χ1v) is 8.55. The van der Waals surface area contributed by atoms with Crippen molar-refractivity contribution in [2.75, 3.05) is 18.4 Å². The number of carbonyl (C=O) groups is 1. The molecule has 0 radical (unpaired) electrons. The number of benzene rings is 1. The maximum absolute atomic E-state index is 12.1. The Balaban J connectivity index is 1.91.